The molecular formula is C5H30O9. The molecule has 0 unspecified atom stereocenters. The molecule has 14 heavy (non-hydrogen) atoms. The van der Waals surface area contributed by atoms with Crippen molar-refractivity contribution in [2.45, 2.75) is 27.2 Å². The normalized spacial score (nSPS) is 3.43. The van der Waals surface area contributed by atoms with Gasteiger partial charge in [0.15, 0.2) is 0 Å². The Morgan fingerprint density at radius 2 is 0.643 bits per heavy atom. The molecule has 9 nitrogen and oxygen atoms in total. The molecule has 9 heteroatoms. The minimum absolute atomic E-state index is 0. The van der Waals surface area contributed by atoms with Crippen LogP contribution in [0.1, 0.15) is 27.2 Å². The summed E-state index contributed by atoms with van der Waals surface area (Å²) in [5.74, 6) is 0.884. The molecule has 0 saturated carbocycles. The summed E-state index contributed by atoms with van der Waals surface area (Å²) in [6.07, 6.45) is 1.31. The van der Waals surface area contributed by atoms with Crippen molar-refractivity contribution in [2.24, 2.45) is 5.92 Å². The molecule has 0 fully saturated rings. The molecule has 0 bridgehead atoms. The van der Waals surface area contributed by atoms with Crippen LogP contribution in [0.2, 0.25) is 0 Å². The fraction of sp³-hybridized carbons (Fsp3) is 1.00. The van der Waals surface area contributed by atoms with E-state index < -0.39 is 0 Å². The summed E-state index contributed by atoms with van der Waals surface area (Å²) in [4.78, 5) is 0. The van der Waals surface area contributed by atoms with Crippen LogP contribution in [0.25, 0.3) is 0 Å². The molecule has 104 valence electrons. The van der Waals surface area contributed by atoms with Crippen LogP contribution in [0, 0.1) is 5.92 Å². The van der Waals surface area contributed by atoms with Crippen molar-refractivity contribution >= 4 is 0 Å². The number of hydrogen-bond acceptors (Lipinski definition) is 0. The smallest absolute Gasteiger partial charge is 0.0474 e. The van der Waals surface area contributed by atoms with Crippen LogP contribution in [-0.4, -0.2) is 49.3 Å². The Labute approximate surface area is 83.5 Å². The van der Waals surface area contributed by atoms with E-state index in [2.05, 4.69) is 20.8 Å². The fourth-order valence-electron chi connectivity index (χ4n) is 0. The predicted octanol–water partition coefficient (Wildman–Crippen LogP) is -5.37. The third kappa shape index (κ3) is 490. The molecule has 0 aromatic heterocycles. The van der Waals surface area contributed by atoms with E-state index in [-0.39, 0.29) is 49.3 Å². The van der Waals surface area contributed by atoms with Crippen LogP contribution >= 0.6 is 0 Å². The Hall–Kier alpha value is -0.360. The maximum Gasteiger partial charge on any atom is -0.0474 e. The van der Waals surface area contributed by atoms with Crippen LogP contribution in [0.4, 0.5) is 0 Å². The Kier molecular flexibility index (Phi) is 1520. The lowest BCUT2D eigenvalue weighted by Gasteiger charge is -1.90. The highest BCUT2D eigenvalue weighted by atomic mass is 16.0. The minimum Gasteiger partial charge on any atom is -0.412 e. The van der Waals surface area contributed by atoms with Gasteiger partial charge < -0.3 is 49.3 Å². The second-order valence-corrected chi connectivity index (χ2v) is 1.80. The molecule has 0 aliphatic heterocycles. The van der Waals surface area contributed by atoms with Gasteiger partial charge in [-0.25, -0.2) is 0 Å². The van der Waals surface area contributed by atoms with Crippen LogP contribution in [0.3, 0.4) is 0 Å². The van der Waals surface area contributed by atoms with Crippen molar-refractivity contribution in [2.75, 3.05) is 0 Å². The largest absolute Gasteiger partial charge is 0.412 e. The highest BCUT2D eigenvalue weighted by Crippen LogP contribution is 1.93. The minimum atomic E-state index is 0. The summed E-state index contributed by atoms with van der Waals surface area (Å²) in [5, 5.41) is 0. The SMILES string of the molecule is CCC(C)C.O.O.O.O.O.O.O.O.O. The van der Waals surface area contributed by atoms with Crippen molar-refractivity contribution in [3.63, 3.8) is 0 Å². The average Bonchev–Trinajstić information content (AvgIpc) is 1.38. The molecule has 0 heterocycles. The molecule has 0 radical (unpaired) electrons. The van der Waals surface area contributed by atoms with Crippen LogP contribution in [0.15, 0.2) is 0 Å². The Morgan fingerprint density at radius 1 is 0.571 bits per heavy atom. The lowest BCUT2D eigenvalue weighted by Crippen LogP contribution is -1.77. The van der Waals surface area contributed by atoms with Gasteiger partial charge in [-0.05, 0) is 5.92 Å². The summed E-state index contributed by atoms with van der Waals surface area (Å²) < 4.78 is 0. The van der Waals surface area contributed by atoms with Gasteiger partial charge in [-0.3, -0.25) is 0 Å². The average molecular weight is 234 g/mol. The third-order valence-electron chi connectivity index (χ3n) is 0.816. The van der Waals surface area contributed by atoms with Gasteiger partial charge >= 0.3 is 0 Å². The lowest BCUT2D eigenvalue weighted by molar-refractivity contribution is 0.626. The first-order valence-corrected chi connectivity index (χ1v) is 2.27. The topological polar surface area (TPSA) is 284 Å². The van der Waals surface area contributed by atoms with Crippen molar-refractivity contribution in [3.05, 3.63) is 0 Å². The maximum atomic E-state index is 2.22. The molecule has 18 N–H and O–H groups in total. The van der Waals surface area contributed by atoms with E-state index >= 15 is 0 Å². The lowest BCUT2D eigenvalue weighted by atomic mass is 10.2. The van der Waals surface area contributed by atoms with Crippen molar-refractivity contribution in [1.29, 1.82) is 0 Å². The van der Waals surface area contributed by atoms with Crippen molar-refractivity contribution in [1.82, 2.24) is 0 Å². The van der Waals surface area contributed by atoms with E-state index in [1.165, 1.54) is 6.42 Å². The first-order valence-electron chi connectivity index (χ1n) is 2.27. The van der Waals surface area contributed by atoms with E-state index in [0.29, 0.717) is 0 Å². The van der Waals surface area contributed by atoms with Gasteiger partial charge in [-0.1, -0.05) is 27.2 Å². The van der Waals surface area contributed by atoms with Crippen LogP contribution < -0.4 is 0 Å². The summed E-state index contributed by atoms with van der Waals surface area (Å²) in [6, 6.07) is 0. The van der Waals surface area contributed by atoms with Gasteiger partial charge in [-0.15, -0.1) is 0 Å². The van der Waals surface area contributed by atoms with E-state index in [0.717, 1.165) is 5.92 Å². The van der Waals surface area contributed by atoms with Gasteiger partial charge in [0.1, 0.15) is 0 Å². The van der Waals surface area contributed by atoms with Crippen molar-refractivity contribution in [3.8, 4) is 0 Å². The van der Waals surface area contributed by atoms with Crippen LogP contribution in [-0.2, 0) is 0 Å². The molecule has 0 aromatic rings. The van der Waals surface area contributed by atoms with Crippen LogP contribution in [0.5, 0.6) is 0 Å². The van der Waals surface area contributed by atoms with E-state index in [9.17, 15) is 0 Å². The Bertz CT molecular complexity index is 27.2. The van der Waals surface area contributed by atoms with Crippen molar-refractivity contribution < 1.29 is 49.3 Å². The molecule has 0 saturated heterocycles. The molecule has 0 rings (SSSR count). The first kappa shape index (κ1) is 164. The number of hydrogen-bond donors (Lipinski definition) is 0. The zero-order chi connectivity index (χ0) is 4.28. The molecule has 0 atom stereocenters. The monoisotopic (exact) mass is 234 g/mol. The zero-order valence-corrected chi connectivity index (χ0v) is 8.78. The quantitative estimate of drug-likeness (QED) is 0.410. The summed E-state index contributed by atoms with van der Waals surface area (Å²) in [7, 11) is 0. The van der Waals surface area contributed by atoms with Gasteiger partial charge in [0.05, 0.1) is 0 Å². The predicted molar refractivity (Wildman–Crippen MR) is 57.7 cm³/mol. The summed E-state index contributed by atoms with van der Waals surface area (Å²) in [6.45, 7) is 6.64. The van der Waals surface area contributed by atoms with E-state index in [1.807, 2.05) is 0 Å². The number of rotatable bonds is 1. The molecule has 0 aromatic carbocycles. The summed E-state index contributed by atoms with van der Waals surface area (Å²) >= 11 is 0. The van der Waals surface area contributed by atoms with E-state index in [4.69, 9.17) is 0 Å². The Morgan fingerprint density at radius 3 is 0.643 bits per heavy atom. The maximum absolute atomic E-state index is 2.22. The van der Waals surface area contributed by atoms with E-state index in [1.54, 1.807) is 0 Å². The standard InChI is InChI=1S/C5H12.9H2O/c1-4-5(2)3;;;;;;;;;/h5H,4H2,1-3H3;9*1H2. The molecule has 0 spiro atoms. The second kappa shape index (κ2) is 129. The Balaban J connectivity index is -0.00000000222. The third-order valence-corrected chi connectivity index (χ3v) is 0.816. The molecular weight excluding hydrogens is 204 g/mol. The zero-order valence-electron chi connectivity index (χ0n) is 8.78. The first-order chi connectivity index (χ1) is 2.27. The van der Waals surface area contributed by atoms with Gasteiger partial charge in [-0.2, -0.15) is 0 Å². The second-order valence-electron chi connectivity index (χ2n) is 1.80. The highest BCUT2D eigenvalue weighted by Gasteiger charge is 1.80. The molecule has 0 aliphatic rings. The van der Waals surface area contributed by atoms with Gasteiger partial charge in [0, 0.05) is 0 Å². The molecule has 0 amide bonds. The summed E-state index contributed by atoms with van der Waals surface area (Å²) in [5.41, 5.74) is 0. The molecule has 0 aliphatic carbocycles. The van der Waals surface area contributed by atoms with Gasteiger partial charge in [0.2, 0.25) is 0 Å². The van der Waals surface area contributed by atoms with Gasteiger partial charge in [0.25, 0.3) is 0 Å². The fourth-order valence-corrected chi connectivity index (χ4v) is 0. The highest BCUT2D eigenvalue weighted by molar-refractivity contribution is 4.32.